The standard InChI is InChI=1S/C18H18N2O2/c1-13(21)19-10-9-14-12-20-18-8-7-16(11-17(14)18)22-15-5-3-2-4-6-15/h2-8,11-12,20H,9-10H2,1H3,(H,19,21). The van der Waals surface area contributed by atoms with E-state index in [2.05, 4.69) is 10.3 Å². The van der Waals surface area contributed by atoms with Crippen LogP contribution in [0.5, 0.6) is 11.5 Å². The van der Waals surface area contributed by atoms with E-state index >= 15 is 0 Å². The molecule has 2 N–H and O–H groups in total. The molecule has 4 heteroatoms. The Morgan fingerprint density at radius 2 is 1.95 bits per heavy atom. The number of rotatable bonds is 5. The molecule has 1 aromatic heterocycles. The first-order chi connectivity index (χ1) is 10.7. The van der Waals surface area contributed by atoms with Crippen LogP contribution in [0.1, 0.15) is 12.5 Å². The molecule has 2 aromatic carbocycles. The smallest absolute Gasteiger partial charge is 0.216 e. The lowest BCUT2D eigenvalue weighted by Gasteiger charge is -2.06. The van der Waals surface area contributed by atoms with Crippen LogP contribution >= 0.6 is 0 Å². The summed E-state index contributed by atoms with van der Waals surface area (Å²) in [5.41, 5.74) is 2.24. The van der Waals surface area contributed by atoms with Crippen LogP contribution in [0.25, 0.3) is 10.9 Å². The molecular formula is C18H18N2O2. The molecular weight excluding hydrogens is 276 g/mol. The van der Waals surface area contributed by atoms with Gasteiger partial charge < -0.3 is 15.0 Å². The monoisotopic (exact) mass is 294 g/mol. The summed E-state index contributed by atoms with van der Waals surface area (Å²) in [6.45, 7) is 2.16. The predicted molar refractivity (Wildman–Crippen MR) is 87.2 cm³/mol. The van der Waals surface area contributed by atoms with Crippen molar-refractivity contribution in [3.8, 4) is 11.5 Å². The molecule has 0 unspecified atom stereocenters. The summed E-state index contributed by atoms with van der Waals surface area (Å²) < 4.78 is 5.87. The number of aromatic nitrogens is 1. The molecule has 0 aliphatic carbocycles. The molecule has 0 saturated carbocycles. The van der Waals surface area contributed by atoms with Crippen LogP contribution in [-0.2, 0) is 11.2 Å². The Labute approximate surface area is 129 Å². The normalized spacial score (nSPS) is 10.6. The summed E-state index contributed by atoms with van der Waals surface area (Å²) in [6.07, 6.45) is 2.77. The number of fused-ring (bicyclic) bond motifs is 1. The van der Waals surface area contributed by atoms with Crippen molar-refractivity contribution < 1.29 is 9.53 Å². The van der Waals surface area contributed by atoms with Gasteiger partial charge in [0.1, 0.15) is 11.5 Å². The minimum atomic E-state index is -0.00654. The van der Waals surface area contributed by atoms with Gasteiger partial charge in [-0.15, -0.1) is 0 Å². The summed E-state index contributed by atoms with van der Waals surface area (Å²) in [4.78, 5) is 14.2. The molecule has 4 nitrogen and oxygen atoms in total. The Kier molecular flexibility index (Phi) is 4.10. The molecule has 0 radical (unpaired) electrons. The maximum absolute atomic E-state index is 11.0. The zero-order valence-electron chi connectivity index (χ0n) is 12.4. The number of para-hydroxylation sites is 1. The van der Waals surface area contributed by atoms with Crippen molar-refractivity contribution in [2.75, 3.05) is 6.54 Å². The first-order valence-electron chi connectivity index (χ1n) is 7.30. The molecule has 22 heavy (non-hydrogen) atoms. The van der Waals surface area contributed by atoms with Crippen molar-refractivity contribution in [3.63, 3.8) is 0 Å². The molecule has 0 aliphatic rings. The average molecular weight is 294 g/mol. The molecule has 0 atom stereocenters. The van der Waals surface area contributed by atoms with Gasteiger partial charge in [-0.1, -0.05) is 18.2 Å². The second-order valence-electron chi connectivity index (χ2n) is 5.17. The van der Waals surface area contributed by atoms with Crippen molar-refractivity contribution in [3.05, 3.63) is 60.3 Å². The number of carbonyl (C=O) groups excluding carboxylic acids is 1. The van der Waals surface area contributed by atoms with Crippen LogP contribution in [0.15, 0.2) is 54.7 Å². The van der Waals surface area contributed by atoms with Gasteiger partial charge >= 0.3 is 0 Å². The number of ether oxygens (including phenoxy) is 1. The van der Waals surface area contributed by atoms with Crippen molar-refractivity contribution >= 4 is 16.8 Å². The van der Waals surface area contributed by atoms with E-state index in [0.29, 0.717) is 6.54 Å². The fourth-order valence-electron chi connectivity index (χ4n) is 2.43. The van der Waals surface area contributed by atoms with Gasteiger partial charge in [-0.2, -0.15) is 0 Å². The third kappa shape index (κ3) is 3.28. The van der Waals surface area contributed by atoms with E-state index in [9.17, 15) is 4.79 Å². The van der Waals surface area contributed by atoms with Crippen LogP contribution in [-0.4, -0.2) is 17.4 Å². The summed E-state index contributed by atoms with van der Waals surface area (Å²) >= 11 is 0. The zero-order valence-corrected chi connectivity index (χ0v) is 12.4. The van der Waals surface area contributed by atoms with Gasteiger partial charge in [0.05, 0.1) is 0 Å². The number of aromatic amines is 1. The Hall–Kier alpha value is -2.75. The van der Waals surface area contributed by atoms with Gasteiger partial charge in [-0.05, 0) is 42.3 Å². The van der Waals surface area contributed by atoms with Crippen LogP contribution in [0.2, 0.25) is 0 Å². The third-order valence-corrected chi connectivity index (χ3v) is 3.49. The Morgan fingerprint density at radius 3 is 2.73 bits per heavy atom. The molecule has 3 rings (SSSR count). The fraction of sp³-hybridized carbons (Fsp3) is 0.167. The number of H-pyrrole nitrogens is 1. The van der Waals surface area contributed by atoms with E-state index in [0.717, 1.165) is 28.8 Å². The van der Waals surface area contributed by atoms with Crippen LogP contribution in [0.3, 0.4) is 0 Å². The number of benzene rings is 2. The van der Waals surface area contributed by atoms with E-state index in [1.54, 1.807) is 0 Å². The minimum absolute atomic E-state index is 0.00654. The molecule has 3 aromatic rings. The van der Waals surface area contributed by atoms with Crippen LogP contribution in [0, 0.1) is 0 Å². The van der Waals surface area contributed by atoms with Gasteiger partial charge in [0, 0.05) is 30.6 Å². The van der Waals surface area contributed by atoms with Crippen LogP contribution in [0.4, 0.5) is 0 Å². The highest BCUT2D eigenvalue weighted by molar-refractivity contribution is 5.84. The van der Waals surface area contributed by atoms with E-state index in [4.69, 9.17) is 4.74 Å². The van der Waals surface area contributed by atoms with Crippen LogP contribution < -0.4 is 10.1 Å². The van der Waals surface area contributed by atoms with Gasteiger partial charge in [0.15, 0.2) is 0 Å². The molecule has 0 spiro atoms. The SMILES string of the molecule is CC(=O)NCCc1c[nH]c2ccc(Oc3ccccc3)cc12. The highest BCUT2D eigenvalue weighted by atomic mass is 16.5. The van der Waals surface area contributed by atoms with Crippen molar-refractivity contribution in [2.24, 2.45) is 0 Å². The predicted octanol–water partition coefficient (Wildman–Crippen LogP) is 3.64. The second kappa shape index (κ2) is 6.35. The molecule has 112 valence electrons. The van der Waals surface area contributed by atoms with Crippen molar-refractivity contribution in [1.29, 1.82) is 0 Å². The van der Waals surface area contributed by atoms with Crippen molar-refractivity contribution in [2.45, 2.75) is 13.3 Å². The number of hydrogen-bond donors (Lipinski definition) is 2. The molecule has 1 heterocycles. The number of amides is 1. The van der Waals surface area contributed by atoms with Gasteiger partial charge in [-0.3, -0.25) is 4.79 Å². The van der Waals surface area contributed by atoms with E-state index in [-0.39, 0.29) is 5.91 Å². The maximum Gasteiger partial charge on any atom is 0.216 e. The number of carbonyl (C=O) groups is 1. The molecule has 0 saturated heterocycles. The lowest BCUT2D eigenvalue weighted by Crippen LogP contribution is -2.22. The summed E-state index contributed by atoms with van der Waals surface area (Å²) in [5.74, 6) is 1.62. The quantitative estimate of drug-likeness (QED) is 0.755. The van der Waals surface area contributed by atoms with E-state index < -0.39 is 0 Å². The molecule has 0 aliphatic heterocycles. The van der Waals surface area contributed by atoms with E-state index in [1.165, 1.54) is 12.5 Å². The first-order valence-corrected chi connectivity index (χ1v) is 7.30. The molecule has 0 fully saturated rings. The lowest BCUT2D eigenvalue weighted by atomic mass is 10.1. The molecule has 0 bridgehead atoms. The first kappa shape index (κ1) is 14.2. The summed E-state index contributed by atoms with van der Waals surface area (Å²) in [7, 11) is 0. The number of nitrogens with one attached hydrogen (secondary N) is 2. The Bertz CT molecular complexity index is 778. The zero-order chi connectivity index (χ0) is 15.4. The topological polar surface area (TPSA) is 54.1 Å². The summed E-state index contributed by atoms with van der Waals surface area (Å²) in [5, 5.41) is 3.94. The van der Waals surface area contributed by atoms with E-state index in [1.807, 2.05) is 54.7 Å². The van der Waals surface area contributed by atoms with Gasteiger partial charge in [0.2, 0.25) is 5.91 Å². The largest absolute Gasteiger partial charge is 0.457 e. The second-order valence-corrected chi connectivity index (χ2v) is 5.17. The molecule has 1 amide bonds. The maximum atomic E-state index is 11.0. The Balaban J connectivity index is 1.80. The summed E-state index contributed by atoms with van der Waals surface area (Å²) in [6, 6.07) is 15.7. The highest BCUT2D eigenvalue weighted by Gasteiger charge is 2.06. The Morgan fingerprint density at radius 1 is 1.14 bits per heavy atom. The van der Waals surface area contributed by atoms with Gasteiger partial charge in [0.25, 0.3) is 0 Å². The lowest BCUT2D eigenvalue weighted by molar-refractivity contribution is -0.118. The minimum Gasteiger partial charge on any atom is -0.457 e. The fourth-order valence-corrected chi connectivity index (χ4v) is 2.43. The average Bonchev–Trinajstić information content (AvgIpc) is 2.91. The third-order valence-electron chi connectivity index (χ3n) is 3.49. The highest BCUT2D eigenvalue weighted by Crippen LogP contribution is 2.27. The van der Waals surface area contributed by atoms with Crippen molar-refractivity contribution in [1.82, 2.24) is 10.3 Å². The van der Waals surface area contributed by atoms with Gasteiger partial charge in [-0.25, -0.2) is 0 Å². The number of hydrogen-bond acceptors (Lipinski definition) is 2.